The molecule has 0 spiro atoms. The van der Waals surface area contributed by atoms with Crippen LogP contribution in [-0.4, -0.2) is 51.8 Å². The number of carboxylic acid groups (broad SMARTS) is 1. The molecule has 0 atom stereocenters. The monoisotopic (exact) mass is 340 g/mol. The first-order valence-electron chi connectivity index (χ1n) is 6.57. The van der Waals surface area contributed by atoms with E-state index in [0.717, 1.165) is 0 Å². The van der Waals surface area contributed by atoms with Gasteiger partial charge >= 0.3 is 0 Å². The molecule has 0 fully saturated rings. The van der Waals surface area contributed by atoms with Gasteiger partial charge in [-0.1, -0.05) is 0 Å². The van der Waals surface area contributed by atoms with E-state index in [2.05, 4.69) is 15.8 Å². The largest absolute Gasteiger partial charge is 0.545 e. The van der Waals surface area contributed by atoms with E-state index in [0.29, 0.717) is 13.2 Å². The van der Waals surface area contributed by atoms with Gasteiger partial charge in [-0.15, -0.1) is 0 Å². The van der Waals surface area contributed by atoms with Gasteiger partial charge in [-0.3, -0.25) is 5.43 Å². The Balaban J connectivity index is 2.89. The summed E-state index contributed by atoms with van der Waals surface area (Å²) in [6.45, 7) is 1.02. The number of hydrogen-bond acceptors (Lipinski definition) is 7. The third-order valence-corrected chi connectivity index (χ3v) is 2.98. The van der Waals surface area contributed by atoms with Crippen molar-refractivity contribution in [3.63, 3.8) is 0 Å². The van der Waals surface area contributed by atoms with Crippen LogP contribution in [-0.2, 0) is 4.74 Å². The Bertz CT molecular complexity index is 592. The molecule has 2 N–H and O–H groups in total. The van der Waals surface area contributed by atoms with Gasteiger partial charge in [-0.2, -0.15) is 5.10 Å². The second-order valence-corrected chi connectivity index (χ2v) is 4.58. The molecule has 23 heavy (non-hydrogen) atoms. The summed E-state index contributed by atoms with van der Waals surface area (Å²) in [4.78, 5) is 11.4. The number of nitrogens with one attached hydrogen (secondary N) is 2. The molecular weight excluding hydrogens is 322 g/mol. The lowest BCUT2D eigenvalue weighted by Crippen LogP contribution is -2.34. The molecule has 0 aliphatic heterocycles. The Kier molecular flexibility index (Phi) is 7.78. The van der Waals surface area contributed by atoms with Gasteiger partial charge in [-0.25, -0.2) is 0 Å². The maximum atomic E-state index is 11.4. The number of methoxy groups -OCH3 is 3. The number of benzene rings is 1. The predicted octanol–water partition coefficient (Wildman–Crippen LogP) is -0.488. The molecule has 1 rings (SSSR count). The summed E-state index contributed by atoms with van der Waals surface area (Å²) in [6.07, 6.45) is 1.30. The third kappa shape index (κ3) is 5.38. The zero-order valence-corrected chi connectivity index (χ0v) is 13.9. The average Bonchev–Trinajstić information content (AvgIpc) is 2.54. The standard InChI is InChI=1S/C14H19N3O5S/c1-20-7-6-15-14(23)17-16-8-9-4-5-10(21-2)12(22-3)11(9)13(18)19/h4-5,8H,6-7H2,1-3H3,(H,18,19)(H2,15,17,23)/p-1/b16-8-. The first-order valence-corrected chi connectivity index (χ1v) is 6.98. The summed E-state index contributed by atoms with van der Waals surface area (Å²) in [5, 5.41) is 18.4. The highest BCUT2D eigenvalue weighted by Crippen LogP contribution is 2.32. The molecule has 0 radical (unpaired) electrons. The van der Waals surface area contributed by atoms with Gasteiger partial charge < -0.3 is 29.4 Å². The lowest BCUT2D eigenvalue weighted by Gasteiger charge is -2.15. The molecule has 0 saturated carbocycles. The first-order chi connectivity index (χ1) is 11.0. The molecule has 126 valence electrons. The number of carboxylic acids is 1. The van der Waals surface area contributed by atoms with Gasteiger partial charge in [-0.05, 0) is 24.4 Å². The molecule has 0 heterocycles. The van der Waals surface area contributed by atoms with Crippen molar-refractivity contribution in [2.45, 2.75) is 0 Å². The number of carbonyl (C=O) groups is 1. The first kappa shape index (κ1) is 18.7. The Hall–Kier alpha value is -2.39. The van der Waals surface area contributed by atoms with Crippen LogP contribution in [0.4, 0.5) is 0 Å². The molecule has 8 nitrogen and oxygen atoms in total. The number of hydrazone groups is 1. The minimum Gasteiger partial charge on any atom is -0.545 e. The Morgan fingerprint density at radius 1 is 1.35 bits per heavy atom. The molecule has 0 aliphatic carbocycles. The fraction of sp³-hybridized carbons (Fsp3) is 0.357. The van der Waals surface area contributed by atoms with E-state index in [1.54, 1.807) is 13.2 Å². The number of hydrogen-bond donors (Lipinski definition) is 2. The van der Waals surface area contributed by atoms with Crippen LogP contribution in [0.5, 0.6) is 11.5 Å². The van der Waals surface area contributed by atoms with Crippen molar-refractivity contribution in [2.24, 2.45) is 5.10 Å². The van der Waals surface area contributed by atoms with E-state index in [1.807, 2.05) is 0 Å². The normalized spacial score (nSPS) is 10.4. The van der Waals surface area contributed by atoms with E-state index < -0.39 is 5.97 Å². The number of aromatic carboxylic acids is 1. The Labute approximate surface area is 139 Å². The minimum absolute atomic E-state index is 0.0669. The summed E-state index contributed by atoms with van der Waals surface area (Å²) in [5.41, 5.74) is 2.70. The molecule has 0 unspecified atom stereocenters. The van der Waals surface area contributed by atoms with Crippen LogP contribution in [0.15, 0.2) is 17.2 Å². The molecule has 0 saturated heterocycles. The van der Waals surface area contributed by atoms with E-state index in [1.165, 1.54) is 26.5 Å². The molecule has 0 aromatic heterocycles. The van der Waals surface area contributed by atoms with Crippen LogP contribution in [0.2, 0.25) is 0 Å². The highest BCUT2D eigenvalue weighted by molar-refractivity contribution is 7.80. The fourth-order valence-corrected chi connectivity index (χ4v) is 1.88. The molecule has 9 heteroatoms. The van der Waals surface area contributed by atoms with Crippen LogP contribution < -0.4 is 25.3 Å². The molecule has 1 aromatic carbocycles. The maximum Gasteiger partial charge on any atom is 0.187 e. The van der Waals surface area contributed by atoms with Crippen molar-refractivity contribution in [3.05, 3.63) is 23.3 Å². The second kappa shape index (κ2) is 9.59. The second-order valence-electron chi connectivity index (χ2n) is 4.17. The van der Waals surface area contributed by atoms with Crippen molar-refractivity contribution in [1.82, 2.24) is 10.7 Å². The molecule has 0 aliphatic rings. The predicted molar refractivity (Wildman–Crippen MR) is 87.1 cm³/mol. The Morgan fingerprint density at radius 3 is 2.65 bits per heavy atom. The van der Waals surface area contributed by atoms with E-state index in [4.69, 9.17) is 26.4 Å². The van der Waals surface area contributed by atoms with Crippen molar-refractivity contribution in [1.29, 1.82) is 0 Å². The third-order valence-electron chi connectivity index (χ3n) is 2.74. The maximum absolute atomic E-state index is 11.4. The summed E-state index contributed by atoms with van der Waals surface area (Å²) >= 11 is 4.99. The zero-order valence-electron chi connectivity index (χ0n) is 13.0. The smallest absolute Gasteiger partial charge is 0.187 e. The van der Waals surface area contributed by atoms with Crippen LogP contribution in [0.25, 0.3) is 0 Å². The number of nitrogens with zero attached hydrogens (tertiary/aromatic N) is 1. The topological polar surface area (TPSA) is 104 Å². The van der Waals surface area contributed by atoms with E-state index in [-0.39, 0.29) is 27.7 Å². The molecule has 0 amide bonds. The highest BCUT2D eigenvalue weighted by atomic mass is 32.1. The van der Waals surface area contributed by atoms with Crippen molar-refractivity contribution < 1.29 is 24.1 Å². The van der Waals surface area contributed by atoms with Gasteiger partial charge in [0.2, 0.25) is 0 Å². The fourth-order valence-electron chi connectivity index (χ4n) is 1.73. The summed E-state index contributed by atoms with van der Waals surface area (Å²) in [7, 11) is 4.34. The van der Waals surface area contributed by atoms with Crippen molar-refractivity contribution in [2.75, 3.05) is 34.5 Å². The van der Waals surface area contributed by atoms with Crippen LogP contribution in [0, 0.1) is 0 Å². The van der Waals surface area contributed by atoms with Gasteiger partial charge in [0, 0.05) is 19.2 Å². The van der Waals surface area contributed by atoms with Crippen LogP contribution in [0.3, 0.4) is 0 Å². The lowest BCUT2D eigenvalue weighted by atomic mass is 10.1. The van der Waals surface area contributed by atoms with Crippen LogP contribution >= 0.6 is 12.2 Å². The number of rotatable bonds is 8. The SMILES string of the molecule is COCCNC(=S)N/N=C\c1ccc(OC)c(OC)c1C(=O)[O-]. The van der Waals surface area contributed by atoms with Gasteiger partial charge in [0.1, 0.15) is 0 Å². The lowest BCUT2D eigenvalue weighted by molar-refractivity contribution is -0.255. The van der Waals surface area contributed by atoms with Gasteiger partial charge in [0.25, 0.3) is 0 Å². The van der Waals surface area contributed by atoms with Crippen molar-refractivity contribution >= 4 is 29.5 Å². The molecule has 0 bridgehead atoms. The zero-order chi connectivity index (χ0) is 17.2. The van der Waals surface area contributed by atoms with Crippen molar-refractivity contribution in [3.8, 4) is 11.5 Å². The van der Waals surface area contributed by atoms with Crippen LogP contribution in [0.1, 0.15) is 15.9 Å². The van der Waals surface area contributed by atoms with E-state index in [9.17, 15) is 9.90 Å². The highest BCUT2D eigenvalue weighted by Gasteiger charge is 2.14. The average molecular weight is 340 g/mol. The van der Waals surface area contributed by atoms with E-state index >= 15 is 0 Å². The van der Waals surface area contributed by atoms with Gasteiger partial charge in [0.05, 0.1) is 38.6 Å². The number of carbonyl (C=O) groups excluding carboxylic acids is 1. The summed E-state index contributed by atoms with van der Waals surface area (Å²) in [6, 6.07) is 3.10. The number of thiocarbonyl (C=S) groups is 1. The minimum atomic E-state index is -1.40. The summed E-state index contributed by atoms with van der Waals surface area (Å²) in [5.74, 6) is -1.05. The van der Waals surface area contributed by atoms with Gasteiger partial charge in [0.15, 0.2) is 16.6 Å². The Morgan fingerprint density at radius 2 is 2.09 bits per heavy atom. The molecule has 1 aromatic rings. The summed E-state index contributed by atoms with van der Waals surface area (Å²) < 4.78 is 15.0. The molecular formula is C14H18N3O5S-. The number of ether oxygens (including phenoxy) is 3. The quantitative estimate of drug-likeness (QED) is 0.283.